The van der Waals surface area contributed by atoms with Crippen molar-refractivity contribution in [2.45, 2.75) is 44.2 Å². The highest BCUT2D eigenvalue weighted by Gasteiger charge is 2.39. The predicted octanol–water partition coefficient (Wildman–Crippen LogP) is 4.52. The Morgan fingerprint density at radius 2 is 2.16 bits per heavy atom. The van der Waals surface area contributed by atoms with Crippen LogP contribution in [0.5, 0.6) is 0 Å². The van der Waals surface area contributed by atoms with Crippen molar-refractivity contribution in [3.8, 4) is 0 Å². The van der Waals surface area contributed by atoms with Crippen molar-refractivity contribution in [1.29, 1.82) is 0 Å². The fourth-order valence-electron chi connectivity index (χ4n) is 2.91. The lowest BCUT2D eigenvalue weighted by atomic mass is 10.0. The van der Waals surface area contributed by atoms with Crippen molar-refractivity contribution in [3.05, 3.63) is 34.3 Å². The van der Waals surface area contributed by atoms with Gasteiger partial charge in [-0.1, -0.05) is 52.7 Å². The van der Waals surface area contributed by atoms with Crippen LogP contribution in [0, 0.1) is 0 Å². The van der Waals surface area contributed by atoms with Gasteiger partial charge in [0.15, 0.2) is 5.17 Å². The minimum absolute atomic E-state index is 0.212. The number of amidine groups is 1. The second kappa shape index (κ2) is 5.49. The summed E-state index contributed by atoms with van der Waals surface area (Å²) in [6.45, 7) is 2.16. The first-order chi connectivity index (χ1) is 9.17. The highest BCUT2D eigenvalue weighted by atomic mass is 79.9. The lowest BCUT2D eigenvalue weighted by Gasteiger charge is -2.22. The van der Waals surface area contributed by atoms with Crippen LogP contribution < -0.4 is 5.32 Å². The number of aliphatic imine (C=N–C) groups is 1. The molecule has 3 rings (SSSR count). The van der Waals surface area contributed by atoms with Gasteiger partial charge in [-0.25, -0.2) is 0 Å². The number of hydrogen-bond acceptors (Lipinski definition) is 2. The zero-order chi connectivity index (χ0) is 13.3. The molecule has 1 aliphatic heterocycles. The standard InChI is InChI=1S/C15H19BrN2S/c1-11(12-5-4-6-13(16)9-12)17-14-18-15(10-19-14)7-2-3-8-15/h4-6,9,11H,2-3,7-8,10H2,1H3,(H,17,18). The maximum atomic E-state index is 4.85. The normalized spacial score (nSPS) is 24.8. The Bertz CT molecular complexity index is 495. The van der Waals surface area contributed by atoms with Gasteiger partial charge < -0.3 is 5.32 Å². The summed E-state index contributed by atoms with van der Waals surface area (Å²) in [4.78, 5) is 4.85. The van der Waals surface area contributed by atoms with Gasteiger partial charge in [0.25, 0.3) is 0 Å². The monoisotopic (exact) mass is 338 g/mol. The lowest BCUT2D eigenvalue weighted by molar-refractivity contribution is 0.452. The van der Waals surface area contributed by atoms with Crippen LogP contribution in [0.1, 0.15) is 44.2 Å². The average Bonchev–Trinajstić information content (AvgIpc) is 3.00. The number of nitrogens with one attached hydrogen (secondary N) is 1. The van der Waals surface area contributed by atoms with Gasteiger partial charge in [0.1, 0.15) is 0 Å². The van der Waals surface area contributed by atoms with Crippen molar-refractivity contribution in [2.24, 2.45) is 4.99 Å². The van der Waals surface area contributed by atoms with E-state index in [4.69, 9.17) is 4.99 Å². The molecule has 1 aliphatic carbocycles. The Morgan fingerprint density at radius 1 is 1.37 bits per heavy atom. The van der Waals surface area contributed by atoms with Gasteiger partial charge in [-0.2, -0.15) is 0 Å². The van der Waals surface area contributed by atoms with E-state index in [0.29, 0.717) is 5.54 Å². The summed E-state index contributed by atoms with van der Waals surface area (Å²) in [5, 5.41) is 4.82. The molecule has 1 N–H and O–H groups in total. The molecule has 102 valence electrons. The van der Waals surface area contributed by atoms with Crippen LogP contribution in [-0.2, 0) is 0 Å². The molecule has 2 nitrogen and oxygen atoms in total. The minimum Gasteiger partial charge on any atom is -0.359 e. The number of benzene rings is 1. The Labute approximate surface area is 127 Å². The lowest BCUT2D eigenvalue weighted by Crippen LogP contribution is -2.40. The largest absolute Gasteiger partial charge is 0.359 e. The molecule has 1 atom stereocenters. The molecule has 1 spiro atoms. The topological polar surface area (TPSA) is 24.4 Å². The number of thioether (sulfide) groups is 1. The summed E-state index contributed by atoms with van der Waals surface area (Å²) in [6.07, 6.45) is 5.35. The van der Waals surface area contributed by atoms with Crippen molar-refractivity contribution in [2.75, 3.05) is 5.75 Å². The quantitative estimate of drug-likeness (QED) is 0.857. The highest BCUT2D eigenvalue weighted by molar-refractivity contribution is 9.10. The number of hydrogen-bond donors (Lipinski definition) is 1. The molecule has 4 heteroatoms. The Kier molecular flexibility index (Phi) is 3.90. The molecule has 0 amide bonds. The summed E-state index contributed by atoms with van der Waals surface area (Å²) in [6, 6.07) is 8.64. The molecule has 1 heterocycles. The number of rotatable bonds is 2. The van der Waals surface area contributed by atoms with Gasteiger partial charge in [0.05, 0.1) is 6.04 Å². The molecule has 19 heavy (non-hydrogen) atoms. The third-order valence-electron chi connectivity index (χ3n) is 4.06. The van der Waals surface area contributed by atoms with Crippen LogP contribution >= 0.6 is 27.7 Å². The third-order valence-corrected chi connectivity index (χ3v) is 5.73. The fraction of sp³-hybridized carbons (Fsp3) is 0.533. The smallest absolute Gasteiger partial charge is 0.157 e. The second-order valence-corrected chi connectivity index (χ2v) is 7.45. The van der Waals surface area contributed by atoms with Crippen LogP contribution in [-0.4, -0.2) is 16.5 Å². The van der Waals surface area contributed by atoms with E-state index in [-0.39, 0.29) is 6.04 Å². The molecule has 0 radical (unpaired) electrons. The summed E-state index contributed by atoms with van der Waals surface area (Å²) < 4.78 is 1.12. The van der Waals surface area contributed by atoms with Gasteiger partial charge in [0.2, 0.25) is 0 Å². The molecular weight excluding hydrogens is 320 g/mol. The predicted molar refractivity (Wildman–Crippen MR) is 86.8 cm³/mol. The van der Waals surface area contributed by atoms with E-state index in [2.05, 4.69) is 52.4 Å². The summed E-state index contributed by atoms with van der Waals surface area (Å²) in [5.74, 6) is 1.19. The van der Waals surface area contributed by atoms with Crippen LogP contribution in [0.25, 0.3) is 0 Å². The van der Waals surface area contributed by atoms with E-state index < -0.39 is 0 Å². The first-order valence-corrected chi connectivity index (χ1v) is 8.69. The molecule has 1 aromatic carbocycles. The number of nitrogens with zero attached hydrogens (tertiary/aromatic N) is 1. The molecule has 1 saturated heterocycles. The van der Waals surface area contributed by atoms with Crippen LogP contribution in [0.15, 0.2) is 33.7 Å². The Hall–Kier alpha value is -0.480. The molecule has 1 saturated carbocycles. The first-order valence-electron chi connectivity index (χ1n) is 6.91. The van der Waals surface area contributed by atoms with Gasteiger partial charge >= 0.3 is 0 Å². The fourth-order valence-corrected chi connectivity index (χ4v) is 4.63. The van der Waals surface area contributed by atoms with E-state index in [9.17, 15) is 0 Å². The summed E-state index contributed by atoms with van der Waals surface area (Å²) in [7, 11) is 0. The molecule has 1 unspecified atom stereocenters. The maximum Gasteiger partial charge on any atom is 0.157 e. The minimum atomic E-state index is 0.212. The summed E-state index contributed by atoms with van der Waals surface area (Å²) in [5.41, 5.74) is 1.62. The van der Waals surface area contributed by atoms with Crippen LogP contribution in [0.3, 0.4) is 0 Å². The molecule has 0 aromatic heterocycles. The second-order valence-electron chi connectivity index (χ2n) is 5.57. The molecular formula is C15H19BrN2S. The zero-order valence-corrected chi connectivity index (χ0v) is 13.6. The maximum absolute atomic E-state index is 4.85. The van der Waals surface area contributed by atoms with Crippen LogP contribution in [0.4, 0.5) is 0 Å². The molecule has 1 aromatic rings. The first kappa shape index (κ1) is 13.5. The molecule has 0 bridgehead atoms. The van der Waals surface area contributed by atoms with Crippen molar-refractivity contribution < 1.29 is 0 Å². The van der Waals surface area contributed by atoms with E-state index in [1.165, 1.54) is 37.0 Å². The van der Waals surface area contributed by atoms with E-state index >= 15 is 0 Å². The third kappa shape index (κ3) is 3.00. The van der Waals surface area contributed by atoms with Crippen molar-refractivity contribution in [3.63, 3.8) is 0 Å². The van der Waals surface area contributed by atoms with Gasteiger partial charge in [-0.05, 0) is 37.5 Å². The highest BCUT2D eigenvalue weighted by Crippen LogP contribution is 2.38. The molecule has 2 fully saturated rings. The Morgan fingerprint density at radius 3 is 2.89 bits per heavy atom. The average molecular weight is 339 g/mol. The van der Waals surface area contributed by atoms with Crippen molar-refractivity contribution in [1.82, 2.24) is 5.32 Å². The van der Waals surface area contributed by atoms with E-state index in [0.717, 1.165) is 9.64 Å². The van der Waals surface area contributed by atoms with Crippen molar-refractivity contribution >= 4 is 32.9 Å². The molecule has 2 aliphatic rings. The van der Waals surface area contributed by atoms with E-state index in [1.54, 1.807) is 0 Å². The number of halogens is 1. The van der Waals surface area contributed by atoms with Gasteiger partial charge in [0, 0.05) is 15.8 Å². The van der Waals surface area contributed by atoms with Gasteiger partial charge in [-0.3, -0.25) is 4.99 Å². The SMILES string of the molecule is CC(N=C1NC2(CCCC2)CS1)c1cccc(Br)c1. The van der Waals surface area contributed by atoms with Gasteiger partial charge in [-0.15, -0.1) is 0 Å². The summed E-state index contributed by atoms with van der Waals surface area (Å²) >= 11 is 5.42. The Balaban J connectivity index is 1.72. The van der Waals surface area contributed by atoms with Crippen LogP contribution in [0.2, 0.25) is 0 Å². The zero-order valence-electron chi connectivity index (χ0n) is 11.2. The van der Waals surface area contributed by atoms with E-state index in [1.807, 2.05) is 11.8 Å².